The normalized spacial score (nSPS) is 30.4. The van der Waals surface area contributed by atoms with E-state index < -0.39 is 12.7 Å². The van der Waals surface area contributed by atoms with E-state index in [1.807, 2.05) is 18.2 Å². The van der Waals surface area contributed by atoms with Gasteiger partial charge in [-0.15, -0.1) is 0 Å². The first kappa shape index (κ1) is 16.6. The highest BCUT2D eigenvalue weighted by molar-refractivity contribution is 5.84. The molecule has 0 spiro atoms. The Hall–Kier alpha value is -1.83. The average Bonchev–Trinajstić information content (AvgIpc) is 3.21. The highest BCUT2D eigenvalue weighted by Crippen LogP contribution is 2.36. The van der Waals surface area contributed by atoms with Gasteiger partial charge >= 0.3 is 6.18 Å². The molecule has 3 fully saturated rings. The third-order valence-electron chi connectivity index (χ3n) is 5.57. The number of carbonyl (C=O) groups is 1. The lowest BCUT2D eigenvalue weighted by atomic mass is 10.0. The van der Waals surface area contributed by atoms with Gasteiger partial charge in [0.2, 0.25) is 5.91 Å². The standard InChI is InChI=1S/C17H21F3N4O/c18-17(19,20)11-22-6-4-14(16(22)25)23-7-12-9-24(10-13(12)8-23)15-3-1-2-5-21-15/h1-3,5,12-14H,4,6-11H2. The van der Waals surface area contributed by atoms with Gasteiger partial charge in [0.15, 0.2) is 0 Å². The van der Waals surface area contributed by atoms with E-state index in [0.717, 1.165) is 36.9 Å². The highest BCUT2D eigenvalue weighted by Gasteiger charge is 2.47. The second-order valence-corrected chi connectivity index (χ2v) is 7.25. The molecule has 5 nitrogen and oxygen atoms in total. The van der Waals surface area contributed by atoms with E-state index in [0.29, 0.717) is 18.3 Å². The minimum Gasteiger partial charge on any atom is -0.356 e. The topological polar surface area (TPSA) is 39.7 Å². The van der Waals surface area contributed by atoms with Crippen LogP contribution in [0.4, 0.5) is 19.0 Å². The predicted molar refractivity (Wildman–Crippen MR) is 86.0 cm³/mol. The summed E-state index contributed by atoms with van der Waals surface area (Å²) >= 11 is 0. The van der Waals surface area contributed by atoms with Gasteiger partial charge in [-0.3, -0.25) is 9.69 Å². The molecule has 3 unspecified atom stereocenters. The van der Waals surface area contributed by atoms with Crippen LogP contribution < -0.4 is 4.90 Å². The first-order valence-electron chi connectivity index (χ1n) is 8.66. The maximum absolute atomic E-state index is 12.6. The molecule has 3 atom stereocenters. The fraction of sp³-hybridized carbons (Fsp3) is 0.647. The molecule has 136 valence electrons. The number of anilines is 1. The van der Waals surface area contributed by atoms with Crippen LogP contribution in [-0.4, -0.2) is 72.2 Å². The number of hydrogen-bond acceptors (Lipinski definition) is 4. The maximum Gasteiger partial charge on any atom is 0.406 e. The van der Waals surface area contributed by atoms with Crippen LogP contribution >= 0.6 is 0 Å². The second kappa shape index (κ2) is 6.16. The molecule has 1 aromatic heterocycles. The van der Waals surface area contributed by atoms with Crippen molar-refractivity contribution in [2.24, 2.45) is 11.8 Å². The summed E-state index contributed by atoms with van der Waals surface area (Å²) in [6, 6.07) is 5.47. The summed E-state index contributed by atoms with van der Waals surface area (Å²) in [6.07, 6.45) is -2.05. The van der Waals surface area contributed by atoms with Gasteiger partial charge in [-0.2, -0.15) is 13.2 Å². The molecule has 4 heterocycles. The third kappa shape index (κ3) is 3.31. The molecule has 8 heteroatoms. The predicted octanol–water partition coefficient (Wildman–Crippen LogP) is 1.61. The van der Waals surface area contributed by atoms with Crippen molar-refractivity contribution in [2.75, 3.05) is 44.2 Å². The number of carbonyl (C=O) groups excluding carboxylic acids is 1. The van der Waals surface area contributed by atoms with E-state index in [4.69, 9.17) is 0 Å². The first-order valence-corrected chi connectivity index (χ1v) is 8.66. The number of alkyl halides is 3. The number of aromatic nitrogens is 1. The average molecular weight is 354 g/mol. The minimum absolute atomic E-state index is 0.203. The highest BCUT2D eigenvalue weighted by atomic mass is 19.4. The number of amides is 1. The molecule has 3 aliphatic heterocycles. The minimum atomic E-state index is -4.32. The van der Waals surface area contributed by atoms with Crippen LogP contribution in [0.15, 0.2) is 24.4 Å². The number of halogens is 3. The SMILES string of the molecule is O=C1C(N2CC3CN(c4ccccn4)CC3C2)CCN1CC(F)(F)F. The molecule has 1 amide bonds. The Morgan fingerprint density at radius 3 is 2.44 bits per heavy atom. The summed E-state index contributed by atoms with van der Waals surface area (Å²) < 4.78 is 37.7. The largest absolute Gasteiger partial charge is 0.406 e. The summed E-state index contributed by atoms with van der Waals surface area (Å²) in [6.45, 7) is 2.43. The van der Waals surface area contributed by atoms with Crippen molar-refractivity contribution in [1.82, 2.24) is 14.8 Å². The fourth-order valence-corrected chi connectivity index (χ4v) is 4.45. The van der Waals surface area contributed by atoms with Crippen molar-refractivity contribution in [3.05, 3.63) is 24.4 Å². The molecule has 4 rings (SSSR count). The Labute approximate surface area is 144 Å². The van der Waals surface area contributed by atoms with Crippen molar-refractivity contribution >= 4 is 11.7 Å². The van der Waals surface area contributed by atoms with E-state index in [9.17, 15) is 18.0 Å². The Morgan fingerprint density at radius 2 is 1.84 bits per heavy atom. The smallest absolute Gasteiger partial charge is 0.356 e. The number of likely N-dealkylation sites (tertiary alicyclic amines) is 2. The molecule has 1 aromatic rings. The summed E-state index contributed by atoms with van der Waals surface area (Å²) in [4.78, 5) is 22.0. The summed E-state index contributed by atoms with van der Waals surface area (Å²) in [5.41, 5.74) is 0. The molecule has 0 radical (unpaired) electrons. The van der Waals surface area contributed by atoms with Gasteiger partial charge in [0.05, 0.1) is 6.04 Å². The molecule has 0 saturated carbocycles. The van der Waals surface area contributed by atoms with Crippen LogP contribution in [0.5, 0.6) is 0 Å². The van der Waals surface area contributed by atoms with E-state index >= 15 is 0 Å². The van der Waals surface area contributed by atoms with E-state index in [1.54, 1.807) is 6.20 Å². The Morgan fingerprint density at radius 1 is 1.12 bits per heavy atom. The molecule has 25 heavy (non-hydrogen) atoms. The molecule has 0 N–H and O–H groups in total. The van der Waals surface area contributed by atoms with Gasteiger partial charge < -0.3 is 9.80 Å². The summed E-state index contributed by atoms with van der Waals surface area (Å²) in [5, 5.41) is 0. The van der Waals surface area contributed by atoms with Gasteiger partial charge in [0.1, 0.15) is 12.4 Å². The monoisotopic (exact) mass is 354 g/mol. The number of fused-ring (bicyclic) bond motifs is 1. The van der Waals surface area contributed by atoms with Crippen LogP contribution in [0.25, 0.3) is 0 Å². The van der Waals surface area contributed by atoms with Gasteiger partial charge in [0, 0.05) is 38.9 Å². The molecule has 0 bridgehead atoms. The van der Waals surface area contributed by atoms with Crippen LogP contribution in [0, 0.1) is 11.8 Å². The van der Waals surface area contributed by atoms with Gasteiger partial charge in [0.25, 0.3) is 0 Å². The van der Waals surface area contributed by atoms with Crippen LogP contribution in [0.1, 0.15) is 6.42 Å². The Bertz CT molecular complexity index is 625. The first-order chi connectivity index (χ1) is 11.9. The molecule has 0 aromatic carbocycles. The summed E-state index contributed by atoms with van der Waals surface area (Å²) in [7, 11) is 0. The van der Waals surface area contributed by atoms with E-state index in [1.165, 1.54) is 0 Å². The zero-order valence-corrected chi connectivity index (χ0v) is 13.8. The fourth-order valence-electron chi connectivity index (χ4n) is 4.45. The molecular formula is C17H21F3N4O. The van der Waals surface area contributed by atoms with Crippen molar-refractivity contribution in [1.29, 1.82) is 0 Å². The quantitative estimate of drug-likeness (QED) is 0.827. The number of hydrogen-bond donors (Lipinski definition) is 0. The van der Waals surface area contributed by atoms with Crippen LogP contribution in [0.2, 0.25) is 0 Å². The number of pyridine rings is 1. The lowest BCUT2D eigenvalue weighted by Crippen LogP contribution is -2.44. The lowest BCUT2D eigenvalue weighted by Gasteiger charge is -2.26. The second-order valence-electron chi connectivity index (χ2n) is 7.25. The molecular weight excluding hydrogens is 333 g/mol. The van der Waals surface area contributed by atoms with Crippen molar-refractivity contribution in [2.45, 2.75) is 18.6 Å². The van der Waals surface area contributed by atoms with Crippen molar-refractivity contribution < 1.29 is 18.0 Å². The van der Waals surface area contributed by atoms with Crippen molar-refractivity contribution in [3.8, 4) is 0 Å². The Balaban J connectivity index is 1.35. The Kier molecular flexibility index (Phi) is 4.10. The lowest BCUT2D eigenvalue weighted by molar-refractivity contribution is -0.159. The van der Waals surface area contributed by atoms with E-state index in [-0.39, 0.29) is 18.5 Å². The number of rotatable bonds is 3. The zero-order chi connectivity index (χ0) is 17.6. The summed E-state index contributed by atoms with van der Waals surface area (Å²) in [5.74, 6) is 1.51. The van der Waals surface area contributed by atoms with Crippen molar-refractivity contribution in [3.63, 3.8) is 0 Å². The van der Waals surface area contributed by atoms with Gasteiger partial charge in [-0.05, 0) is 30.4 Å². The van der Waals surface area contributed by atoms with Crippen LogP contribution in [0.3, 0.4) is 0 Å². The zero-order valence-electron chi connectivity index (χ0n) is 13.8. The molecule has 3 aliphatic rings. The van der Waals surface area contributed by atoms with Crippen LogP contribution in [-0.2, 0) is 4.79 Å². The van der Waals surface area contributed by atoms with Gasteiger partial charge in [-0.25, -0.2) is 4.98 Å². The molecule has 3 saturated heterocycles. The maximum atomic E-state index is 12.6. The molecule has 0 aliphatic carbocycles. The van der Waals surface area contributed by atoms with E-state index in [2.05, 4.69) is 14.8 Å². The van der Waals surface area contributed by atoms with Gasteiger partial charge in [-0.1, -0.05) is 6.07 Å². The third-order valence-corrected chi connectivity index (χ3v) is 5.57. The number of nitrogens with zero attached hydrogens (tertiary/aromatic N) is 4.